The van der Waals surface area contributed by atoms with Crippen LogP contribution >= 0.6 is 11.3 Å². The van der Waals surface area contributed by atoms with Crippen LogP contribution in [0, 0.1) is 0 Å². The fourth-order valence-electron chi connectivity index (χ4n) is 5.81. The summed E-state index contributed by atoms with van der Waals surface area (Å²) in [5.74, 6) is 0.715. The van der Waals surface area contributed by atoms with Gasteiger partial charge in [-0.25, -0.2) is 9.97 Å². The number of rotatable bonds is 5. The van der Waals surface area contributed by atoms with E-state index >= 15 is 0 Å². The Morgan fingerprint density at radius 1 is 0.372 bits per heavy atom. The van der Waals surface area contributed by atoms with Crippen LogP contribution in [-0.4, -0.2) is 9.97 Å². The summed E-state index contributed by atoms with van der Waals surface area (Å²) in [5.41, 5.74) is 9.73. The summed E-state index contributed by atoms with van der Waals surface area (Å²) in [6.45, 7) is 0. The van der Waals surface area contributed by atoms with Crippen LogP contribution in [0.15, 0.2) is 158 Å². The highest BCUT2D eigenvalue weighted by Crippen LogP contribution is 2.40. The molecule has 43 heavy (non-hydrogen) atoms. The lowest BCUT2D eigenvalue weighted by atomic mass is 9.95. The fraction of sp³-hybridized carbons (Fsp3) is 0. The van der Waals surface area contributed by atoms with E-state index in [0.29, 0.717) is 5.82 Å². The maximum absolute atomic E-state index is 5.05. The summed E-state index contributed by atoms with van der Waals surface area (Å²) in [6.07, 6.45) is 0. The smallest absolute Gasteiger partial charge is 0.160 e. The van der Waals surface area contributed by atoms with Crippen LogP contribution in [-0.2, 0) is 0 Å². The van der Waals surface area contributed by atoms with E-state index in [2.05, 4.69) is 121 Å². The first-order chi connectivity index (χ1) is 21.3. The maximum Gasteiger partial charge on any atom is 0.160 e. The molecule has 0 radical (unpaired) electrons. The van der Waals surface area contributed by atoms with E-state index in [-0.39, 0.29) is 0 Å². The predicted molar refractivity (Wildman–Crippen MR) is 182 cm³/mol. The first-order valence-corrected chi connectivity index (χ1v) is 15.2. The number of benzene rings is 6. The Morgan fingerprint density at radius 3 is 1.58 bits per heavy atom. The molecule has 6 aromatic carbocycles. The molecule has 0 spiro atoms. The molecule has 0 saturated carbocycles. The summed E-state index contributed by atoms with van der Waals surface area (Å²) in [7, 11) is 0. The normalized spacial score (nSPS) is 11.3. The van der Waals surface area contributed by atoms with Crippen LogP contribution in [0.3, 0.4) is 0 Å². The Labute approximate surface area is 254 Å². The molecule has 0 saturated heterocycles. The second-order valence-corrected chi connectivity index (χ2v) is 11.7. The van der Waals surface area contributed by atoms with Crippen LogP contribution in [0.25, 0.3) is 76.3 Å². The van der Waals surface area contributed by atoms with Crippen molar-refractivity contribution < 1.29 is 0 Å². The molecular weight excluding hydrogens is 541 g/mol. The molecule has 3 heteroatoms. The van der Waals surface area contributed by atoms with E-state index in [1.807, 2.05) is 47.7 Å². The Hall–Kier alpha value is -5.38. The second-order valence-electron chi connectivity index (χ2n) is 10.6. The van der Waals surface area contributed by atoms with E-state index in [1.54, 1.807) is 0 Å². The number of hydrogen-bond acceptors (Lipinski definition) is 3. The molecule has 0 N–H and O–H groups in total. The molecule has 0 aliphatic carbocycles. The molecule has 2 aromatic heterocycles. The van der Waals surface area contributed by atoms with Gasteiger partial charge in [0, 0.05) is 36.9 Å². The Balaban J connectivity index is 1.23. The number of fused-ring (bicyclic) bond motifs is 3. The van der Waals surface area contributed by atoms with E-state index in [0.717, 1.165) is 33.6 Å². The number of nitrogens with zero attached hydrogens (tertiary/aromatic N) is 2. The van der Waals surface area contributed by atoms with Crippen molar-refractivity contribution in [3.63, 3.8) is 0 Å². The van der Waals surface area contributed by atoms with E-state index in [1.165, 1.54) is 36.9 Å². The largest absolute Gasteiger partial charge is 0.228 e. The number of hydrogen-bond donors (Lipinski definition) is 0. The monoisotopic (exact) mass is 566 g/mol. The topological polar surface area (TPSA) is 25.8 Å². The van der Waals surface area contributed by atoms with Gasteiger partial charge in [-0.2, -0.15) is 0 Å². The quantitative estimate of drug-likeness (QED) is 0.207. The van der Waals surface area contributed by atoms with Crippen molar-refractivity contribution in [1.82, 2.24) is 9.97 Å². The third kappa shape index (κ3) is 4.80. The summed E-state index contributed by atoms with van der Waals surface area (Å²) >= 11 is 1.86. The minimum atomic E-state index is 0.715. The first-order valence-electron chi connectivity index (χ1n) is 14.4. The summed E-state index contributed by atoms with van der Waals surface area (Å²) in [4.78, 5) is 10.1. The zero-order chi connectivity index (χ0) is 28.6. The number of thiophene rings is 1. The van der Waals surface area contributed by atoms with Crippen molar-refractivity contribution in [3.8, 4) is 56.2 Å². The minimum Gasteiger partial charge on any atom is -0.228 e. The zero-order valence-electron chi connectivity index (χ0n) is 23.3. The molecule has 0 aliphatic rings. The molecule has 0 bridgehead atoms. The van der Waals surface area contributed by atoms with Gasteiger partial charge in [0.25, 0.3) is 0 Å². The summed E-state index contributed by atoms with van der Waals surface area (Å²) in [5, 5.41) is 2.64. The van der Waals surface area contributed by atoms with E-state index in [4.69, 9.17) is 9.97 Å². The molecule has 202 valence electrons. The zero-order valence-corrected chi connectivity index (χ0v) is 24.1. The van der Waals surface area contributed by atoms with Gasteiger partial charge in [0.05, 0.1) is 11.4 Å². The Bertz CT molecular complexity index is 2180. The minimum absolute atomic E-state index is 0.715. The highest BCUT2D eigenvalue weighted by Gasteiger charge is 2.13. The average molecular weight is 567 g/mol. The molecule has 2 nitrogen and oxygen atoms in total. The molecule has 0 amide bonds. The van der Waals surface area contributed by atoms with Crippen molar-refractivity contribution >= 4 is 31.5 Å². The summed E-state index contributed by atoms with van der Waals surface area (Å²) in [6, 6.07) is 55.5. The lowest BCUT2D eigenvalue weighted by molar-refractivity contribution is 1.18. The van der Waals surface area contributed by atoms with Crippen molar-refractivity contribution in [2.75, 3.05) is 0 Å². The molecular formula is C40H26N2S. The molecule has 0 aliphatic heterocycles. The van der Waals surface area contributed by atoms with Crippen molar-refractivity contribution in [2.45, 2.75) is 0 Å². The second kappa shape index (κ2) is 10.8. The molecule has 2 heterocycles. The molecule has 0 fully saturated rings. The third-order valence-corrected chi connectivity index (χ3v) is 9.03. The standard InChI is InChI=1S/C40H26N2S/c1-3-12-27(13-4-1)35-26-36(28-14-5-2-6-15-28)42-40(41-35)32-19-10-17-30(25-32)29-16-9-18-31(24-29)33-21-11-23-38-39(33)34-20-7-8-22-37(34)43-38/h1-26H. The molecule has 0 unspecified atom stereocenters. The fourth-order valence-corrected chi connectivity index (χ4v) is 6.94. The van der Waals surface area contributed by atoms with Gasteiger partial charge in [0.2, 0.25) is 0 Å². The van der Waals surface area contributed by atoms with Crippen molar-refractivity contribution in [1.29, 1.82) is 0 Å². The van der Waals surface area contributed by atoms with Crippen molar-refractivity contribution in [2.24, 2.45) is 0 Å². The molecule has 8 rings (SSSR count). The van der Waals surface area contributed by atoms with E-state index < -0.39 is 0 Å². The van der Waals surface area contributed by atoms with Crippen LogP contribution in [0.2, 0.25) is 0 Å². The third-order valence-electron chi connectivity index (χ3n) is 7.90. The highest BCUT2D eigenvalue weighted by atomic mass is 32.1. The van der Waals surface area contributed by atoms with Gasteiger partial charge in [-0.05, 0) is 52.6 Å². The average Bonchev–Trinajstić information content (AvgIpc) is 3.48. The summed E-state index contributed by atoms with van der Waals surface area (Å²) < 4.78 is 2.64. The maximum atomic E-state index is 5.05. The van der Waals surface area contributed by atoms with Crippen molar-refractivity contribution in [3.05, 3.63) is 158 Å². The van der Waals surface area contributed by atoms with Crippen LogP contribution < -0.4 is 0 Å². The highest BCUT2D eigenvalue weighted by molar-refractivity contribution is 7.25. The first kappa shape index (κ1) is 25.3. The van der Waals surface area contributed by atoms with E-state index in [9.17, 15) is 0 Å². The van der Waals surface area contributed by atoms with Crippen LogP contribution in [0.5, 0.6) is 0 Å². The molecule has 8 aromatic rings. The van der Waals surface area contributed by atoms with Crippen LogP contribution in [0.1, 0.15) is 0 Å². The lowest BCUT2D eigenvalue weighted by Gasteiger charge is -2.11. The van der Waals surface area contributed by atoms with Gasteiger partial charge in [-0.15, -0.1) is 11.3 Å². The van der Waals surface area contributed by atoms with Gasteiger partial charge in [0.1, 0.15) is 0 Å². The Morgan fingerprint density at radius 2 is 0.884 bits per heavy atom. The number of aromatic nitrogens is 2. The molecule has 0 atom stereocenters. The van der Waals surface area contributed by atoms with Gasteiger partial charge in [-0.1, -0.05) is 127 Å². The van der Waals surface area contributed by atoms with Gasteiger partial charge >= 0.3 is 0 Å². The van der Waals surface area contributed by atoms with Gasteiger partial charge in [0.15, 0.2) is 5.82 Å². The van der Waals surface area contributed by atoms with Gasteiger partial charge < -0.3 is 0 Å². The predicted octanol–water partition coefficient (Wildman–Crippen LogP) is 11.2. The Kier molecular flexibility index (Phi) is 6.36. The van der Waals surface area contributed by atoms with Gasteiger partial charge in [-0.3, -0.25) is 0 Å². The SMILES string of the molecule is c1ccc(-c2cc(-c3ccccc3)nc(-c3cccc(-c4cccc(-c5cccc6sc7ccccc7c56)c4)c3)n2)cc1. The lowest BCUT2D eigenvalue weighted by Crippen LogP contribution is -1.96. The van der Waals surface area contributed by atoms with Crippen LogP contribution in [0.4, 0.5) is 0 Å².